The van der Waals surface area contributed by atoms with Gasteiger partial charge in [0.05, 0.1) is 10.5 Å². The summed E-state index contributed by atoms with van der Waals surface area (Å²) >= 11 is 1.03. The van der Waals surface area contributed by atoms with Gasteiger partial charge in [-0.3, -0.25) is 4.79 Å². The molecule has 0 saturated carbocycles. The lowest BCUT2D eigenvalue weighted by atomic mass is 10.1. The van der Waals surface area contributed by atoms with Crippen molar-refractivity contribution in [3.05, 3.63) is 33.6 Å². The number of aliphatic hydroxyl groups excluding tert-OH is 1. The van der Waals surface area contributed by atoms with Gasteiger partial charge < -0.3 is 5.11 Å². The maximum absolute atomic E-state index is 11.4. The van der Waals surface area contributed by atoms with Gasteiger partial charge in [-0.15, -0.1) is 0 Å². The molecule has 0 fully saturated rings. The summed E-state index contributed by atoms with van der Waals surface area (Å²) in [6, 6.07) is 3.89. The molecule has 0 aliphatic rings. The van der Waals surface area contributed by atoms with Gasteiger partial charge in [-0.1, -0.05) is 11.8 Å². The van der Waals surface area contributed by atoms with Gasteiger partial charge >= 0.3 is 0 Å². The monoisotopic (exact) mass is 262 g/mol. The number of carbonyl (C=O) groups excluding carboxylic acids is 1. The summed E-state index contributed by atoms with van der Waals surface area (Å²) in [4.78, 5) is 15.9. The molecule has 94 valence electrons. The maximum Gasteiger partial charge on any atom is 0.169 e. The number of hydrogen-bond donors (Lipinski definition) is 1. The number of hydrogen-bond acceptors (Lipinski definition) is 5. The molecule has 0 aliphatic heterocycles. The molecule has 5 heteroatoms. The third-order valence-corrected chi connectivity index (χ3v) is 3.55. The smallest absolute Gasteiger partial charge is 0.169 e. The van der Waals surface area contributed by atoms with Gasteiger partial charge in [0.2, 0.25) is 0 Å². The van der Waals surface area contributed by atoms with Crippen molar-refractivity contribution in [2.24, 2.45) is 0 Å². The first-order valence-electron chi connectivity index (χ1n) is 5.33. The summed E-state index contributed by atoms with van der Waals surface area (Å²) in [5.41, 5.74) is 2.02. The molecule has 0 saturated heterocycles. The Kier molecular flexibility index (Phi) is 4.51. The number of rotatable bonds is 3. The number of nitrogens with zero attached hydrogens (tertiary/aromatic N) is 2. The van der Waals surface area contributed by atoms with Gasteiger partial charge in [-0.25, -0.2) is 4.98 Å². The molecule has 1 N–H and O–H groups in total. The summed E-state index contributed by atoms with van der Waals surface area (Å²) < 4.78 is 0. The minimum Gasteiger partial charge on any atom is -0.511 e. The fourth-order valence-electron chi connectivity index (χ4n) is 1.51. The number of pyridine rings is 1. The van der Waals surface area contributed by atoms with Crippen molar-refractivity contribution in [2.45, 2.75) is 32.7 Å². The zero-order valence-electron chi connectivity index (χ0n) is 10.7. The zero-order chi connectivity index (χ0) is 13.9. The topological polar surface area (TPSA) is 74.0 Å². The number of aromatic nitrogens is 1. The SMILES string of the molecule is CC(=O)/C(Sc1nc(C)cc(C)c1C#N)=C(\C)O. The van der Waals surface area contributed by atoms with Gasteiger partial charge in [0.25, 0.3) is 0 Å². The predicted octanol–water partition coefficient (Wildman–Crippen LogP) is 3.04. The van der Waals surface area contributed by atoms with Crippen molar-refractivity contribution < 1.29 is 9.90 Å². The molecule has 1 rings (SSSR count). The van der Waals surface area contributed by atoms with Crippen molar-refractivity contribution >= 4 is 17.5 Å². The summed E-state index contributed by atoms with van der Waals surface area (Å²) in [6.45, 7) is 6.45. The second-order valence-corrected chi connectivity index (χ2v) is 4.94. The number of ketones is 1. The van der Waals surface area contributed by atoms with Crippen LogP contribution in [0, 0.1) is 25.2 Å². The minimum absolute atomic E-state index is 0.0580. The first kappa shape index (κ1) is 14.3. The Morgan fingerprint density at radius 2 is 2.06 bits per heavy atom. The van der Waals surface area contributed by atoms with Crippen LogP contribution in [-0.2, 0) is 4.79 Å². The van der Waals surface area contributed by atoms with Crippen LogP contribution in [0.4, 0.5) is 0 Å². The Balaban J connectivity index is 3.32. The Labute approximate surface area is 110 Å². The highest BCUT2D eigenvalue weighted by atomic mass is 32.2. The minimum atomic E-state index is -0.246. The van der Waals surface area contributed by atoms with E-state index in [4.69, 9.17) is 5.26 Å². The largest absolute Gasteiger partial charge is 0.511 e. The first-order valence-corrected chi connectivity index (χ1v) is 6.15. The van der Waals surface area contributed by atoms with Crippen LogP contribution in [0.25, 0.3) is 0 Å². The third kappa shape index (κ3) is 3.11. The highest BCUT2D eigenvalue weighted by Gasteiger charge is 2.16. The molecule has 0 bridgehead atoms. The van der Waals surface area contributed by atoms with Gasteiger partial charge in [-0.05, 0) is 39.3 Å². The number of allylic oxidation sites excluding steroid dienone is 2. The van der Waals surface area contributed by atoms with E-state index in [1.54, 1.807) is 0 Å². The molecule has 0 spiro atoms. The lowest BCUT2D eigenvalue weighted by Crippen LogP contribution is -2.00. The van der Waals surface area contributed by atoms with E-state index in [1.807, 2.05) is 19.9 Å². The molecule has 0 unspecified atom stereocenters. The van der Waals surface area contributed by atoms with Crippen molar-refractivity contribution in [3.63, 3.8) is 0 Å². The molecule has 0 aliphatic carbocycles. The fraction of sp³-hybridized carbons (Fsp3) is 0.308. The van der Waals surface area contributed by atoms with E-state index in [2.05, 4.69) is 11.1 Å². The van der Waals surface area contributed by atoms with Gasteiger partial charge in [-0.2, -0.15) is 5.26 Å². The number of aliphatic hydroxyl groups is 1. The van der Waals surface area contributed by atoms with Crippen LogP contribution >= 0.6 is 11.8 Å². The van der Waals surface area contributed by atoms with Crippen LogP contribution in [0.15, 0.2) is 21.8 Å². The average molecular weight is 262 g/mol. The standard InChI is InChI=1S/C13H14N2O2S/c1-7-5-8(2)15-13(11(7)6-14)18-12(9(3)16)10(4)17/h5,16H,1-4H3/b12-9-. The normalized spacial score (nSPS) is 11.7. The van der Waals surface area contributed by atoms with Gasteiger partial charge in [0.1, 0.15) is 16.9 Å². The predicted molar refractivity (Wildman–Crippen MR) is 70.3 cm³/mol. The van der Waals surface area contributed by atoms with E-state index in [1.165, 1.54) is 13.8 Å². The van der Waals surface area contributed by atoms with Crippen molar-refractivity contribution in [1.29, 1.82) is 5.26 Å². The quantitative estimate of drug-likeness (QED) is 0.515. The maximum atomic E-state index is 11.4. The molecule has 0 atom stereocenters. The first-order chi connectivity index (χ1) is 8.36. The number of nitriles is 1. The number of thioether (sulfide) groups is 1. The van der Waals surface area contributed by atoms with E-state index in [0.717, 1.165) is 23.0 Å². The molecule has 1 aromatic heterocycles. The van der Waals surface area contributed by atoms with Crippen LogP contribution < -0.4 is 0 Å². The molecule has 1 heterocycles. The van der Waals surface area contributed by atoms with E-state index < -0.39 is 0 Å². The van der Waals surface area contributed by atoms with Crippen molar-refractivity contribution in [3.8, 4) is 6.07 Å². The Morgan fingerprint density at radius 3 is 2.50 bits per heavy atom. The summed E-state index contributed by atoms with van der Waals surface area (Å²) in [6.07, 6.45) is 0. The summed E-state index contributed by atoms with van der Waals surface area (Å²) in [7, 11) is 0. The lowest BCUT2D eigenvalue weighted by molar-refractivity contribution is -0.113. The summed E-state index contributed by atoms with van der Waals surface area (Å²) in [5.74, 6) is -0.304. The molecule has 1 aromatic rings. The molecular formula is C13H14N2O2S. The van der Waals surface area contributed by atoms with E-state index in [0.29, 0.717) is 10.6 Å². The van der Waals surface area contributed by atoms with Gasteiger partial charge in [0, 0.05) is 5.69 Å². The Morgan fingerprint density at radius 1 is 1.44 bits per heavy atom. The van der Waals surface area contributed by atoms with Crippen LogP contribution in [0.3, 0.4) is 0 Å². The van der Waals surface area contributed by atoms with E-state index >= 15 is 0 Å². The average Bonchev–Trinajstić information content (AvgIpc) is 2.24. The fourth-order valence-corrected chi connectivity index (χ4v) is 2.49. The highest BCUT2D eigenvalue weighted by molar-refractivity contribution is 8.04. The molecular weight excluding hydrogens is 248 g/mol. The highest BCUT2D eigenvalue weighted by Crippen LogP contribution is 2.31. The zero-order valence-corrected chi connectivity index (χ0v) is 11.6. The molecule has 0 aromatic carbocycles. The van der Waals surface area contributed by atoms with Crippen LogP contribution in [0.5, 0.6) is 0 Å². The second-order valence-electron chi connectivity index (χ2n) is 3.95. The third-order valence-electron chi connectivity index (χ3n) is 2.27. The van der Waals surface area contributed by atoms with Crippen LogP contribution in [0.2, 0.25) is 0 Å². The second kappa shape index (κ2) is 5.69. The van der Waals surface area contributed by atoms with Crippen LogP contribution in [-0.4, -0.2) is 15.9 Å². The molecule has 18 heavy (non-hydrogen) atoms. The van der Waals surface area contributed by atoms with Gasteiger partial charge in [0.15, 0.2) is 5.78 Å². The van der Waals surface area contributed by atoms with Crippen molar-refractivity contribution in [1.82, 2.24) is 4.98 Å². The number of Topliss-reactive ketones (excluding diaryl/α,β-unsaturated/α-hetero) is 1. The molecule has 0 radical (unpaired) electrons. The number of carbonyl (C=O) groups is 1. The Bertz CT molecular complexity index is 567. The molecule has 0 amide bonds. The van der Waals surface area contributed by atoms with E-state index in [-0.39, 0.29) is 16.4 Å². The molecule has 4 nitrogen and oxygen atoms in total. The van der Waals surface area contributed by atoms with Crippen molar-refractivity contribution in [2.75, 3.05) is 0 Å². The Hall–Kier alpha value is -1.80. The summed E-state index contributed by atoms with van der Waals surface area (Å²) in [5, 5.41) is 19.0. The van der Waals surface area contributed by atoms with E-state index in [9.17, 15) is 9.90 Å². The van der Waals surface area contributed by atoms with Crippen LogP contribution in [0.1, 0.15) is 30.7 Å². The number of aryl methyl sites for hydroxylation is 2. The lowest BCUT2D eigenvalue weighted by Gasteiger charge is -2.08.